The van der Waals surface area contributed by atoms with E-state index in [4.69, 9.17) is 15.9 Å². The number of fused-ring (bicyclic) bond motifs is 1. The topological polar surface area (TPSA) is 108 Å². The maximum absolute atomic E-state index is 9.61. The van der Waals surface area contributed by atoms with Crippen molar-refractivity contribution in [3.8, 4) is 0 Å². The van der Waals surface area contributed by atoms with E-state index in [1.54, 1.807) is 17.0 Å². The van der Waals surface area contributed by atoms with Gasteiger partial charge in [-0.25, -0.2) is 4.98 Å². The fraction of sp³-hybridized carbons (Fsp3) is 0.364. The number of aliphatic hydroxyl groups excluding tert-OH is 2. The smallest absolute Gasteiger partial charge is 0.133 e. The Morgan fingerprint density at radius 3 is 2.50 bits per heavy atom. The molecule has 0 radical (unpaired) electrons. The van der Waals surface area contributed by atoms with Crippen LogP contribution in [0.25, 0.3) is 11.0 Å². The molecule has 5 N–H and O–H groups in total. The van der Waals surface area contributed by atoms with E-state index in [-0.39, 0.29) is 13.2 Å². The molecule has 7 heteroatoms. The highest BCUT2D eigenvalue weighted by Gasteiger charge is 2.15. The summed E-state index contributed by atoms with van der Waals surface area (Å²) < 4.78 is 0.865. The Kier molecular flexibility index (Phi) is 3.54. The molecule has 18 heavy (non-hydrogen) atoms. The standard InChI is InChI=1S/C11H16N4O3/c12-8-1-2-9(14(3-5-16)4-6-17)10-11(8)15(18)7-13-10/h1-2,7,16-18H,3-6,12H2. The largest absolute Gasteiger partial charge is 0.427 e. The van der Waals surface area contributed by atoms with Crippen molar-refractivity contribution in [1.29, 1.82) is 0 Å². The molecule has 7 nitrogen and oxygen atoms in total. The quantitative estimate of drug-likeness (QED) is 0.428. The number of aromatic nitrogens is 2. The summed E-state index contributed by atoms with van der Waals surface area (Å²) in [7, 11) is 0. The number of benzene rings is 1. The zero-order valence-electron chi connectivity index (χ0n) is 9.82. The maximum Gasteiger partial charge on any atom is 0.133 e. The minimum atomic E-state index is -0.0360. The first kappa shape index (κ1) is 12.5. The highest BCUT2D eigenvalue weighted by atomic mass is 16.5. The fourth-order valence-electron chi connectivity index (χ4n) is 1.97. The first-order valence-electron chi connectivity index (χ1n) is 5.60. The van der Waals surface area contributed by atoms with E-state index in [0.29, 0.717) is 29.8 Å². The molecule has 0 atom stereocenters. The van der Waals surface area contributed by atoms with Crippen molar-refractivity contribution in [2.75, 3.05) is 36.9 Å². The van der Waals surface area contributed by atoms with Crippen LogP contribution in [0.1, 0.15) is 0 Å². The van der Waals surface area contributed by atoms with Crippen LogP contribution in [0, 0.1) is 0 Å². The molecule has 0 aliphatic carbocycles. The average molecular weight is 252 g/mol. The molecule has 2 rings (SSSR count). The van der Waals surface area contributed by atoms with Gasteiger partial charge in [0.25, 0.3) is 0 Å². The molecule has 0 saturated heterocycles. The first-order valence-corrected chi connectivity index (χ1v) is 5.60. The van der Waals surface area contributed by atoms with Gasteiger partial charge in [-0.3, -0.25) is 0 Å². The van der Waals surface area contributed by atoms with Gasteiger partial charge in [0.05, 0.1) is 24.6 Å². The van der Waals surface area contributed by atoms with Crippen LogP contribution in [0.2, 0.25) is 0 Å². The van der Waals surface area contributed by atoms with E-state index < -0.39 is 0 Å². The first-order chi connectivity index (χ1) is 8.69. The lowest BCUT2D eigenvalue weighted by Crippen LogP contribution is -2.29. The summed E-state index contributed by atoms with van der Waals surface area (Å²) in [6.07, 6.45) is 1.26. The van der Waals surface area contributed by atoms with Crippen LogP contribution in [-0.2, 0) is 0 Å². The second-order valence-corrected chi connectivity index (χ2v) is 3.89. The molecule has 0 amide bonds. The third-order valence-electron chi connectivity index (χ3n) is 2.77. The third kappa shape index (κ3) is 2.05. The molecule has 0 aliphatic rings. The number of aliphatic hydroxyl groups is 2. The molecule has 0 aliphatic heterocycles. The van der Waals surface area contributed by atoms with Crippen LogP contribution < -0.4 is 10.6 Å². The summed E-state index contributed by atoms with van der Waals surface area (Å²) in [6.45, 7) is 0.674. The van der Waals surface area contributed by atoms with E-state index in [2.05, 4.69) is 4.98 Å². The Balaban J connectivity index is 2.52. The minimum Gasteiger partial charge on any atom is -0.427 e. The van der Waals surface area contributed by atoms with Crippen LogP contribution in [0.3, 0.4) is 0 Å². The van der Waals surface area contributed by atoms with Gasteiger partial charge in [-0.05, 0) is 12.1 Å². The zero-order valence-corrected chi connectivity index (χ0v) is 9.82. The molecular formula is C11H16N4O3. The molecule has 1 aromatic heterocycles. The van der Waals surface area contributed by atoms with Crippen molar-refractivity contribution in [2.45, 2.75) is 0 Å². The molecule has 98 valence electrons. The van der Waals surface area contributed by atoms with Crippen molar-refractivity contribution in [3.63, 3.8) is 0 Å². The summed E-state index contributed by atoms with van der Waals surface area (Å²) in [5.41, 5.74) is 7.88. The van der Waals surface area contributed by atoms with Crippen molar-refractivity contribution in [3.05, 3.63) is 18.5 Å². The van der Waals surface area contributed by atoms with Gasteiger partial charge in [-0.15, -0.1) is 0 Å². The van der Waals surface area contributed by atoms with Gasteiger partial charge in [0, 0.05) is 13.1 Å². The molecule has 1 heterocycles. The van der Waals surface area contributed by atoms with E-state index >= 15 is 0 Å². The summed E-state index contributed by atoms with van der Waals surface area (Å²) in [5, 5.41) is 27.7. The van der Waals surface area contributed by atoms with Crippen LogP contribution in [0.15, 0.2) is 18.5 Å². The molecule has 0 fully saturated rings. The van der Waals surface area contributed by atoms with Crippen LogP contribution in [0.5, 0.6) is 0 Å². The summed E-state index contributed by atoms with van der Waals surface area (Å²) >= 11 is 0. The number of anilines is 2. The Morgan fingerprint density at radius 1 is 1.22 bits per heavy atom. The van der Waals surface area contributed by atoms with Crippen molar-refractivity contribution >= 4 is 22.4 Å². The highest BCUT2D eigenvalue weighted by molar-refractivity contribution is 5.96. The lowest BCUT2D eigenvalue weighted by molar-refractivity contribution is 0.198. The summed E-state index contributed by atoms with van der Waals surface area (Å²) in [4.78, 5) is 5.88. The SMILES string of the molecule is Nc1ccc(N(CCO)CCO)c2ncn(O)c12. The van der Waals surface area contributed by atoms with E-state index in [9.17, 15) is 5.21 Å². The predicted octanol–water partition coefficient (Wildman–Crippen LogP) is -0.353. The number of nitrogens with two attached hydrogens (primary N) is 1. The van der Waals surface area contributed by atoms with Gasteiger partial charge in [-0.1, -0.05) is 0 Å². The van der Waals surface area contributed by atoms with E-state index in [0.717, 1.165) is 10.4 Å². The number of nitrogens with zero attached hydrogens (tertiary/aromatic N) is 3. The molecule has 1 aromatic carbocycles. The molecule has 0 unspecified atom stereocenters. The predicted molar refractivity (Wildman–Crippen MR) is 67.7 cm³/mol. The number of nitrogen functional groups attached to an aromatic ring is 1. The van der Waals surface area contributed by atoms with Crippen LogP contribution in [0.4, 0.5) is 11.4 Å². The third-order valence-corrected chi connectivity index (χ3v) is 2.77. The van der Waals surface area contributed by atoms with E-state index in [1.165, 1.54) is 6.33 Å². The summed E-state index contributed by atoms with van der Waals surface area (Å²) in [6, 6.07) is 3.42. The lowest BCUT2D eigenvalue weighted by atomic mass is 10.2. The maximum atomic E-state index is 9.61. The van der Waals surface area contributed by atoms with Gasteiger partial charge in [0.1, 0.15) is 17.4 Å². The minimum absolute atomic E-state index is 0.0360. The molecule has 0 saturated carbocycles. The number of rotatable bonds is 5. The van der Waals surface area contributed by atoms with Crippen LogP contribution in [-0.4, -0.2) is 51.4 Å². The Hall–Kier alpha value is -1.99. The van der Waals surface area contributed by atoms with Crippen molar-refractivity contribution in [1.82, 2.24) is 9.71 Å². The molecule has 0 spiro atoms. The number of imidazole rings is 1. The molecule has 2 aromatic rings. The van der Waals surface area contributed by atoms with Gasteiger partial charge in [0.15, 0.2) is 0 Å². The average Bonchev–Trinajstić information content (AvgIpc) is 2.73. The monoisotopic (exact) mass is 252 g/mol. The zero-order chi connectivity index (χ0) is 13.1. The van der Waals surface area contributed by atoms with Crippen molar-refractivity contribution in [2.24, 2.45) is 0 Å². The lowest BCUT2D eigenvalue weighted by Gasteiger charge is -2.23. The molecular weight excluding hydrogens is 236 g/mol. The Bertz CT molecular complexity index is 534. The summed E-state index contributed by atoms with van der Waals surface area (Å²) in [5.74, 6) is 0. The normalized spacial score (nSPS) is 11.0. The Labute approximate surface area is 104 Å². The Morgan fingerprint density at radius 2 is 1.89 bits per heavy atom. The van der Waals surface area contributed by atoms with Gasteiger partial charge in [0.2, 0.25) is 0 Å². The second-order valence-electron chi connectivity index (χ2n) is 3.89. The van der Waals surface area contributed by atoms with Gasteiger partial charge >= 0.3 is 0 Å². The fourth-order valence-corrected chi connectivity index (χ4v) is 1.97. The number of hydrogen-bond donors (Lipinski definition) is 4. The van der Waals surface area contributed by atoms with Crippen LogP contribution >= 0.6 is 0 Å². The van der Waals surface area contributed by atoms with E-state index in [1.807, 2.05) is 0 Å². The second kappa shape index (κ2) is 5.11. The molecule has 0 bridgehead atoms. The number of hydrogen-bond acceptors (Lipinski definition) is 6. The van der Waals surface area contributed by atoms with Gasteiger partial charge in [-0.2, -0.15) is 4.73 Å². The highest BCUT2D eigenvalue weighted by Crippen LogP contribution is 2.29. The van der Waals surface area contributed by atoms with Crippen molar-refractivity contribution < 1.29 is 15.4 Å². The van der Waals surface area contributed by atoms with Gasteiger partial charge < -0.3 is 26.1 Å².